The highest BCUT2D eigenvalue weighted by Crippen LogP contribution is 2.41. The molecular weight excluding hydrogens is 382 g/mol. The van der Waals surface area contributed by atoms with Gasteiger partial charge in [0, 0.05) is 23.1 Å². The van der Waals surface area contributed by atoms with Crippen molar-refractivity contribution in [1.82, 2.24) is 24.5 Å². The van der Waals surface area contributed by atoms with Gasteiger partial charge in [-0.25, -0.2) is 19.7 Å². The fourth-order valence-electron chi connectivity index (χ4n) is 3.15. The highest BCUT2D eigenvalue weighted by atomic mass is 32.2. The van der Waals surface area contributed by atoms with E-state index in [2.05, 4.69) is 27.3 Å². The van der Waals surface area contributed by atoms with Gasteiger partial charge in [0.2, 0.25) is 0 Å². The average molecular weight is 402 g/mol. The smallest absolute Gasteiger partial charge is 0.274 e. The molecule has 3 aromatic heterocycles. The number of aryl methyl sites for hydroxylation is 1. The van der Waals surface area contributed by atoms with Crippen LogP contribution in [-0.4, -0.2) is 24.5 Å². The van der Waals surface area contributed by atoms with Crippen LogP contribution in [0.4, 0.5) is 0 Å². The molecule has 0 atom stereocenters. The van der Waals surface area contributed by atoms with Gasteiger partial charge in [-0.05, 0) is 32.1 Å². The second kappa shape index (κ2) is 6.56. The lowest BCUT2D eigenvalue weighted by Gasteiger charge is -2.11. The number of aromatic amines is 1. The maximum atomic E-state index is 12.6. The third kappa shape index (κ3) is 3.23. The van der Waals surface area contributed by atoms with Crippen LogP contribution in [0.3, 0.4) is 0 Å². The number of aromatic nitrogens is 5. The summed E-state index contributed by atoms with van der Waals surface area (Å²) in [5.74, 6) is 1.76. The molecule has 0 saturated heterocycles. The predicted molar refractivity (Wildman–Crippen MR) is 106 cm³/mol. The average Bonchev–Trinajstić information content (AvgIpc) is 3.58. The van der Waals surface area contributed by atoms with Crippen molar-refractivity contribution < 1.29 is 0 Å². The molecule has 2 saturated carbocycles. The SMILES string of the molecule is CCc1nc(CSc2nc(C3CC3)nc3c2c(=O)[nH]c(=O)n3C2CC2)cs1. The van der Waals surface area contributed by atoms with Crippen molar-refractivity contribution in [3.8, 4) is 0 Å². The first kappa shape index (κ1) is 17.1. The zero-order valence-corrected chi connectivity index (χ0v) is 16.5. The summed E-state index contributed by atoms with van der Waals surface area (Å²) in [5, 5.41) is 4.25. The van der Waals surface area contributed by atoms with E-state index in [4.69, 9.17) is 4.98 Å². The van der Waals surface area contributed by atoms with Crippen LogP contribution in [0.5, 0.6) is 0 Å². The Bertz CT molecular complexity index is 1140. The Morgan fingerprint density at radius 1 is 1.22 bits per heavy atom. The Labute approximate surface area is 163 Å². The molecule has 0 spiro atoms. The van der Waals surface area contributed by atoms with Crippen molar-refractivity contribution in [2.45, 2.75) is 61.8 Å². The number of thioether (sulfide) groups is 1. The molecule has 3 aromatic rings. The van der Waals surface area contributed by atoms with Gasteiger partial charge in [-0.2, -0.15) is 0 Å². The fraction of sp³-hybridized carbons (Fsp3) is 0.500. The molecule has 0 aliphatic heterocycles. The van der Waals surface area contributed by atoms with E-state index in [0.29, 0.717) is 27.7 Å². The van der Waals surface area contributed by atoms with Crippen LogP contribution in [0.2, 0.25) is 0 Å². The van der Waals surface area contributed by atoms with Crippen molar-refractivity contribution in [1.29, 1.82) is 0 Å². The number of hydrogen-bond donors (Lipinski definition) is 1. The van der Waals surface area contributed by atoms with Crippen LogP contribution in [-0.2, 0) is 12.2 Å². The van der Waals surface area contributed by atoms with Gasteiger partial charge in [0.05, 0.1) is 10.7 Å². The molecule has 0 amide bonds. The number of rotatable bonds is 6. The number of nitrogens with zero attached hydrogens (tertiary/aromatic N) is 4. The molecule has 0 unspecified atom stereocenters. The summed E-state index contributed by atoms with van der Waals surface area (Å²) in [6.45, 7) is 2.09. The van der Waals surface area contributed by atoms with Gasteiger partial charge < -0.3 is 0 Å². The summed E-state index contributed by atoms with van der Waals surface area (Å²) in [4.78, 5) is 41.4. The summed E-state index contributed by atoms with van der Waals surface area (Å²) in [6.07, 6.45) is 4.96. The van der Waals surface area contributed by atoms with Gasteiger partial charge in [0.1, 0.15) is 16.2 Å². The lowest BCUT2D eigenvalue weighted by molar-refractivity contribution is 0.691. The molecule has 0 bridgehead atoms. The minimum atomic E-state index is -0.399. The normalized spacial score (nSPS) is 16.9. The first-order valence-electron chi connectivity index (χ1n) is 9.26. The molecule has 3 heterocycles. The zero-order valence-electron chi connectivity index (χ0n) is 14.9. The summed E-state index contributed by atoms with van der Waals surface area (Å²) in [7, 11) is 0. The van der Waals surface area contributed by atoms with E-state index in [1.165, 1.54) is 11.8 Å². The molecule has 140 valence electrons. The Hall–Kier alpha value is -2.00. The molecular formula is C18H19N5O2S2. The van der Waals surface area contributed by atoms with E-state index in [-0.39, 0.29) is 11.7 Å². The fourth-order valence-corrected chi connectivity index (χ4v) is 4.92. The van der Waals surface area contributed by atoms with Crippen LogP contribution in [0.25, 0.3) is 11.0 Å². The van der Waals surface area contributed by atoms with Gasteiger partial charge >= 0.3 is 5.69 Å². The molecule has 0 radical (unpaired) electrons. The minimum absolute atomic E-state index is 0.141. The monoisotopic (exact) mass is 401 g/mol. The lowest BCUT2D eigenvalue weighted by atomic mass is 10.3. The van der Waals surface area contributed by atoms with Crippen molar-refractivity contribution in [2.24, 2.45) is 0 Å². The number of thiazole rings is 1. The standard InChI is InChI=1S/C18H19N5O2S2/c1-2-12-19-10(7-26-12)8-27-17-13-15(20-14(21-17)9-3-4-9)23(11-5-6-11)18(25)22-16(13)24/h7,9,11H,2-6,8H2,1H3,(H,22,24,25). The quantitative estimate of drug-likeness (QED) is 0.504. The highest BCUT2D eigenvalue weighted by Gasteiger charge is 2.32. The Morgan fingerprint density at radius 3 is 2.70 bits per heavy atom. The topological polar surface area (TPSA) is 93.5 Å². The largest absolute Gasteiger partial charge is 0.330 e. The number of fused-ring (bicyclic) bond motifs is 1. The zero-order chi connectivity index (χ0) is 18.5. The molecule has 7 nitrogen and oxygen atoms in total. The maximum Gasteiger partial charge on any atom is 0.330 e. The Balaban J connectivity index is 1.62. The van der Waals surface area contributed by atoms with Crippen LogP contribution in [0.15, 0.2) is 20.0 Å². The third-order valence-electron chi connectivity index (χ3n) is 4.88. The van der Waals surface area contributed by atoms with Gasteiger partial charge in [0.15, 0.2) is 5.65 Å². The van der Waals surface area contributed by atoms with E-state index < -0.39 is 5.56 Å². The summed E-state index contributed by atoms with van der Waals surface area (Å²) < 4.78 is 1.66. The molecule has 2 aliphatic carbocycles. The number of H-pyrrole nitrogens is 1. The van der Waals surface area contributed by atoms with E-state index in [9.17, 15) is 9.59 Å². The van der Waals surface area contributed by atoms with E-state index in [1.54, 1.807) is 15.9 Å². The Morgan fingerprint density at radius 2 is 2.04 bits per heavy atom. The van der Waals surface area contributed by atoms with Crippen molar-refractivity contribution in [3.05, 3.63) is 42.7 Å². The third-order valence-corrected chi connectivity index (χ3v) is 6.93. The maximum absolute atomic E-state index is 12.6. The number of nitrogens with one attached hydrogen (secondary N) is 1. The highest BCUT2D eigenvalue weighted by molar-refractivity contribution is 7.98. The predicted octanol–water partition coefficient (Wildman–Crippen LogP) is 3.00. The first-order valence-corrected chi connectivity index (χ1v) is 11.1. The Kier molecular flexibility index (Phi) is 4.16. The minimum Gasteiger partial charge on any atom is -0.274 e. The van der Waals surface area contributed by atoms with Crippen LogP contribution in [0, 0.1) is 0 Å². The number of hydrogen-bond acceptors (Lipinski definition) is 7. The van der Waals surface area contributed by atoms with E-state index in [0.717, 1.165) is 48.6 Å². The summed E-state index contributed by atoms with van der Waals surface area (Å²) in [5.41, 5.74) is 0.731. The second-order valence-corrected chi connectivity index (χ2v) is 9.00. The molecule has 27 heavy (non-hydrogen) atoms. The van der Waals surface area contributed by atoms with Crippen molar-refractivity contribution >= 4 is 34.1 Å². The second-order valence-electron chi connectivity index (χ2n) is 7.10. The summed E-state index contributed by atoms with van der Waals surface area (Å²) in [6, 6.07) is 0.141. The van der Waals surface area contributed by atoms with Gasteiger partial charge in [-0.3, -0.25) is 14.3 Å². The van der Waals surface area contributed by atoms with Crippen LogP contribution < -0.4 is 11.2 Å². The van der Waals surface area contributed by atoms with Crippen LogP contribution >= 0.6 is 23.1 Å². The molecule has 2 aliphatic rings. The van der Waals surface area contributed by atoms with Crippen LogP contribution in [0.1, 0.15) is 61.1 Å². The van der Waals surface area contributed by atoms with E-state index in [1.807, 2.05) is 0 Å². The van der Waals surface area contributed by atoms with Gasteiger partial charge in [0.25, 0.3) is 5.56 Å². The summed E-state index contributed by atoms with van der Waals surface area (Å²) >= 11 is 3.16. The van der Waals surface area contributed by atoms with Gasteiger partial charge in [-0.15, -0.1) is 11.3 Å². The molecule has 5 rings (SSSR count). The molecule has 2 fully saturated rings. The van der Waals surface area contributed by atoms with Crippen molar-refractivity contribution in [2.75, 3.05) is 0 Å². The van der Waals surface area contributed by atoms with Crippen molar-refractivity contribution in [3.63, 3.8) is 0 Å². The molecule has 1 N–H and O–H groups in total. The molecule has 0 aromatic carbocycles. The van der Waals surface area contributed by atoms with Gasteiger partial charge in [-0.1, -0.05) is 18.7 Å². The first-order chi connectivity index (χ1) is 13.1. The van der Waals surface area contributed by atoms with E-state index >= 15 is 0 Å². The molecule has 9 heteroatoms. The lowest BCUT2D eigenvalue weighted by Crippen LogP contribution is -2.31.